The fraction of sp³-hybridized carbons (Fsp3) is 1.00. The first kappa shape index (κ1) is 107. The SMILES string of the molecule is C1C2CC3C4CC5CC(C14)C(C2)C3C5.C1C2CC3CC1CC(C2)C3.C1C2CC3CC1CC(C2)C3.C1C2CC3CC1CC(C2)C3.C1CC2C3CCC(C3)C2C1.C1CCCCC1.C1CCCCC1.CC.CC.CC.CC.CC.CC.CC.CC.CC.CC.CC.CC.CC.CC.CC1(C)C2CCCCC2C2CCCCC21. The Hall–Kier alpha value is 0. The largest absolute Gasteiger partial charge is 0.0683 e. The number of fused-ring (bicyclic) bond motifs is 8. The fourth-order valence-corrected chi connectivity index (χ4v) is 30.4. The molecule has 8 atom stereocenters. The van der Waals surface area contributed by atoms with Crippen molar-refractivity contribution in [1.29, 1.82) is 0 Å². The molecular formula is C109H218. The highest BCUT2D eigenvalue weighted by atomic mass is 14.7. The standard InChI is InChI=1S/C15H26.C14H20.4C10H16.2C6H12.14C2H6/c1-15(2)13-9-5-3-7-11(13)12-8-4-6-10-14(12)15;1-7-2-12-10-4-8-5-11(9(1)10)13(3-7)14(12)6-8;3*1-7-2-9-4-8(1)5-10(3-7)6-9;1-2-9-7-4-5-8(6-7)10(9)3-1;2*1-2-4-6-5-3-1;14*1-2/h11-14H,3-10H2,1-2H3;7-14H,1-6H2;4*7-10H,1-6H2;2*1-6H2;14*1-2H3. The molecule has 0 saturated heterocycles. The third-order valence-electron chi connectivity index (χ3n) is 32.4. The molecule has 0 aromatic carbocycles. The second kappa shape index (κ2) is 63.1. The summed E-state index contributed by atoms with van der Waals surface area (Å²) in [7, 11) is 0. The molecule has 27 saturated carbocycles. The molecule has 27 fully saturated rings. The van der Waals surface area contributed by atoms with Crippen molar-refractivity contribution in [1.82, 2.24) is 0 Å². The first-order valence-electron chi connectivity index (χ1n) is 53.8. The minimum atomic E-state index is 0.677. The van der Waals surface area contributed by atoms with Crippen molar-refractivity contribution in [2.45, 2.75) is 529 Å². The van der Waals surface area contributed by atoms with Crippen LogP contribution >= 0.6 is 0 Å². The lowest BCUT2D eigenvalue weighted by molar-refractivity contribution is -0.202. The number of hydrogen-bond acceptors (Lipinski definition) is 0. The maximum Gasteiger partial charge on any atom is -0.0292 e. The van der Waals surface area contributed by atoms with Crippen molar-refractivity contribution >= 4 is 0 Å². The zero-order valence-electron chi connectivity index (χ0n) is 82.0. The molecule has 0 radical (unpaired) electrons. The minimum Gasteiger partial charge on any atom is -0.0683 e. The lowest BCUT2D eigenvalue weighted by atomic mass is 9.36. The summed E-state index contributed by atoms with van der Waals surface area (Å²) in [6.45, 7) is 61.2. The predicted molar refractivity (Wildman–Crippen MR) is 501 cm³/mol. The highest BCUT2D eigenvalue weighted by molar-refractivity contribution is 5.13. The Morgan fingerprint density at radius 2 is 0.275 bits per heavy atom. The maximum absolute atomic E-state index is 2.59. The molecule has 0 spiro atoms. The molecule has 0 N–H and O–H groups in total. The van der Waals surface area contributed by atoms with E-state index in [1.807, 2.05) is 194 Å². The zero-order chi connectivity index (χ0) is 82.0. The van der Waals surface area contributed by atoms with Crippen molar-refractivity contribution in [3.05, 3.63) is 0 Å². The van der Waals surface area contributed by atoms with Gasteiger partial charge in [0.1, 0.15) is 0 Å². The topological polar surface area (TPSA) is 0 Å². The number of rotatable bonds is 0. The highest BCUT2D eigenvalue weighted by Gasteiger charge is 2.63. The Kier molecular flexibility index (Phi) is 61.9. The molecule has 27 rings (SSSR count). The van der Waals surface area contributed by atoms with E-state index < -0.39 is 0 Å². The molecule has 654 valence electrons. The van der Waals surface area contributed by atoms with E-state index in [1.54, 1.807) is 218 Å². The Labute approximate surface area is 695 Å². The van der Waals surface area contributed by atoms with Crippen LogP contribution in [0, 0.1) is 171 Å². The predicted octanol–water partition coefficient (Wildman–Crippen LogP) is 38.3. The molecule has 27 aliphatic carbocycles. The van der Waals surface area contributed by atoms with Crippen LogP contribution in [0.5, 0.6) is 0 Å². The van der Waals surface area contributed by atoms with Gasteiger partial charge in [-0.2, -0.15) is 0 Å². The second-order valence-corrected chi connectivity index (χ2v) is 37.5. The quantitative estimate of drug-likeness (QED) is 0.227. The van der Waals surface area contributed by atoms with Crippen LogP contribution in [0.15, 0.2) is 0 Å². The van der Waals surface area contributed by atoms with Gasteiger partial charge >= 0.3 is 0 Å². The molecule has 0 aromatic rings. The van der Waals surface area contributed by atoms with Crippen LogP contribution in [0.2, 0.25) is 0 Å². The summed E-state index contributed by atoms with van der Waals surface area (Å²) in [5.41, 5.74) is 0.677. The van der Waals surface area contributed by atoms with Crippen LogP contribution in [0.1, 0.15) is 529 Å². The van der Waals surface area contributed by atoms with Gasteiger partial charge in [0.25, 0.3) is 0 Å². The van der Waals surface area contributed by atoms with E-state index in [0.717, 1.165) is 23.7 Å². The summed E-state index contributed by atoms with van der Waals surface area (Å²) in [4.78, 5) is 0. The summed E-state index contributed by atoms with van der Waals surface area (Å²) in [5.74, 6) is 33.1. The second-order valence-electron chi connectivity index (χ2n) is 37.5. The molecule has 27 aliphatic rings. The van der Waals surface area contributed by atoms with Gasteiger partial charge in [-0.15, -0.1) is 0 Å². The van der Waals surface area contributed by atoms with Crippen LogP contribution in [0.4, 0.5) is 0 Å². The minimum absolute atomic E-state index is 0.677. The van der Waals surface area contributed by atoms with Crippen LogP contribution in [0.3, 0.4) is 0 Å². The van der Waals surface area contributed by atoms with E-state index in [2.05, 4.69) is 13.8 Å². The molecule has 109 heavy (non-hydrogen) atoms. The Bertz CT molecular complexity index is 1560. The van der Waals surface area contributed by atoms with Gasteiger partial charge in [0.15, 0.2) is 0 Å². The Morgan fingerprint density at radius 3 is 0.450 bits per heavy atom. The van der Waals surface area contributed by atoms with Gasteiger partial charge in [-0.05, 0) is 383 Å². The van der Waals surface area contributed by atoms with Gasteiger partial charge in [-0.3, -0.25) is 0 Å². The first-order valence-corrected chi connectivity index (χ1v) is 53.8. The summed E-state index contributed by atoms with van der Waals surface area (Å²) >= 11 is 0. The van der Waals surface area contributed by atoms with Gasteiger partial charge in [0.2, 0.25) is 0 Å². The van der Waals surface area contributed by atoms with E-state index in [0.29, 0.717) is 5.41 Å². The van der Waals surface area contributed by atoms with Gasteiger partial charge in [-0.25, -0.2) is 0 Å². The lowest BCUT2D eigenvalue weighted by Gasteiger charge is -2.69. The first-order chi connectivity index (χ1) is 53.8. The van der Waals surface area contributed by atoms with Crippen molar-refractivity contribution in [3.63, 3.8) is 0 Å². The van der Waals surface area contributed by atoms with Crippen molar-refractivity contribution in [2.75, 3.05) is 0 Å². The lowest BCUT2D eigenvalue weighted by Crippen LogP contribution is -2.62. The average molecular weight is 1530 g/mol. The van der Waals surface area contributed by atoms with Gasteiger partial charge in [0.05, 0.1) is 0 Å². The monoisotopic (exact) mass is 1530 g/mol. The van der Waals surface area contributed by atoms with Crippen LogP contribution in [0.25, 0.3) is 0 Å². The number of hydrogen-bond donors (Lipinski definition) is 0. The fourth-order valence-electron chi connectivity index (χ4n) is 30.4. The summed E-state index contributed by atoms with van der Waals surface area (Å²) in [5, 5.41) is 0. The summed E-state index contributed by atoms with van der Waals surface area (Å²) < 4.78 is 0. The van der Waals surface area contributed by atoms with Gasteiger partial charge < -0.3 is 0 Å². The van der Waals surface area contributed by atoms with E-state index in [1.165, 1.54) is 245 Å². The van der Waals surface area contributed by atoms with E-state index in [4.69, 9.17) is 0 Å². The molecule has 0 amide bonds. The highest BCUT2D eigenvalue weighted by Crippen LogP contribution is 2.71. The molecular weight excluding hydrogens is 1310 g/mol. The van der Waals surface area contributed by atoms with Crippen molar-refractivity contribution in [2.24, 2.45) is 171 Å². The third kappa shape index (κ3) is 31.3. The summed E-state index contributed by atoms with van der Waals surface area (Å²) in [6, 6.07) is 0. The normalized spacial score (nSPS) is 40.5. The molecule has 22 bridgehead atoms. The van der Waals surface area contributed by atoms with E-state index in [-0.39, 0.29) is 0 Å². The van der Waals surface area contributed by atoms with Gasteiger partial charge in [-0.1, -0.05) is 317 Å². The van der Waals surface area contributed by atoms with Gasteiger partial charge in [0, 0.05) is 0 Å². The molecule has 0 aliphatic heterocycles. The van der Waals surface area contributed by atoms with Crippen LogP contribution < -0.4 is 0 Å². The molecule has 0 heteroatoms. The van der Waals surface area contributed by atoms with Crippen molar-refractivity contribution < 1.29 is 0 Å². The van der Waals surface area contributed by atoms with E-state index in [9.17, 15) is 0 Å². The third-order valence-corrected chi connectivity index (χ3v) is 32.4. The Balaban J connectivity index is 0.000000601. The van der Waals surface area contributed by atoms with Crippen LogP contribution in [-0.2, 0) is 0 Å². The average Bonchev–Trinajstić information content (AvgIpc) is 1.53. The molecule has 8 unspecified atom stereocenters. The van der Waals surface area contributed by atoms with Crippen LogP contribution in [-0.4, -0.2) is 0 Å². The van der Waals surface area contributed by atoms with E-state index >= 15 is 0 Å². The smallest absolute Gasteiger partial charge is 0.0292 e. The van der Waals surface area contributed by atoms with Crippen molar-refractivity contribution in [3.8, 4) is 0 Å². The molecule has 0 nitrogen and oxygen atoms in total. The molecule has 0 aromatic heterocycles. The summed E-state index contributed by atoms with van der Waals surface area (Å²) in [6.07, 6.45) is 78.7. The molecule has 0 heterocycles. The maximum atomic E-state index is 2.59. The zero-order valence-corrected chi connectivity index (χ0v) is 82.0. The Morgan fingerprint density at radius 1 is 0.128 bits per heavy atom.